The zero-order valence-electron chi connectivity index (χ0n) is 17.6. The van der Waals surface area contributed by atoms with E-state index >= 15 is 0 Å². The van der Waals surface area contributed by atoms with Gasteiger partial charge in [-0.15, -0.1) is 0 Å². The minimum Gasteiger partial charge on any atom is -0.465 e. The van der Waals surface area contributed by atoms with E-state index in [-0.39, 0.29) is 5.97 Å². The van der Waals surface area contributed by atoms with Gasteiger partial charge in [0.15, 0.2) is 5.96 Å². The number of methoxy groups -OCH3 is 1. The molecule has 0 saturated heterocycles. The molecule has 0 bridgehead atoms. The predicted molar refractivity (Wildman–Crippen MR) is 118 cm³/mol. The van der Waals surface area contributed by atoms with Crippen molar-refractivity contribution < 1.29 is 9.53 Å². The summed E-state index contributed by atoms with van der Waals surface area (Å²) < 4.78 is 4.72. The van der Waals surface area contributed by atoms with Crippen molar-refractivity contribution in [2.45, 2.75) is 13.0 Å². The second kappa shape index (κ2) is 10.2. The number of imidazole rings is 1. The number of aliphatic imine (C=N–C) groups is 1. The van der Waals surface area contributed by atoms with E-state index in [2.05, 4.69) is 32.4 Å². The van der Waals surface area contributed by atoms with Crippen molar-refractivity contribution in [1.82, 2.24) is 20.2 Å². The van der Waals surface area contributed by atoms with E-state index in [0.29, 0.717) is 12.1 Å². The monoisotopic (exact) mass is 405 g/mol. The molecule has 0 aliphatic rings. The number of carbonyl (C=O) groups excluding carboxylic acids is 1. The molecule has 0 saturated carbocycles. The van der Waals surface area contributed by atoms with E-state index in [4.69, 9.17) is 4.74 Å². The van der Waals surface area contributed by atoms with Crippen molar-refractivity contribution in [3.8, 4) is 11.3 Å². The second-order valence-corrected chi connectivity index (χ2v) is 6.88. The number of esters is 1. The molecule has 0 aliphatic heterocycles. The van der Waals surface area contributed by atoms with E-state index in [1.54, 1.807) is 19.2 Å². The lowest BCUT2D eigenvalue weighted by Gasteiger charge is -2.21. The number of rotatable bonds is 7. The van der Waals surface area contributed by atoms with Crippen LogP contribution in [0.1, 0.15) is 21.7 Å². The summed E-state index contributed by atoms with van der Waals surface area (Å²) in [7, 11) is 5.13. The van der Waals surface area contributed by atoms with E-state index in [1.165, 1.54) is 7.11 Å². The molecule has 0 radical (unpaired) electrons. The third kappa shape index (κ3) is 5.47. The normalized spacial score (nSPS) is 11.2. The molecule has 2 aromatic carbocycles. The van der Waals surface area contributed by atoms with Crippen LogP contribution in [0.2, 0.25) is 0 Å². The van der Waals surface area contributed by atoms with Crippen LogP contribution in [-0.2, 0) is 17.7 Å². The Bertz CT molecular complexity index is 980. The molecule has 0 spiro atoms. The van der Waals surface area contributed by atoms with Crippen LogP contribution < -0.4 is 5.32 Å². The van der Waals surface area contributed by atoms with E-state index in [9.17, 15) is 4.79 Å². The molecule has 3 rings (SSSR count). The minimum atomic E-state index is -0.324. The van der Waals surface area contributed by atoms with Gasteiger partial charge in [-0.2, -0.15) is 0 Å². The van der Waals surface area contributed by atoms with Gasteiger partial charge in [0.05, 0.1) is 31.1 Å². The molecule has 0 amide bonds. The SMILES string of the molecule is CN=C(NCCc1ccc(C(=O)OC)cc1)N(C)Cc1ncc(-c2ccccc2)[nH]1. The molecule has 3 aromatic rings. The second-order valence-electron chi connectivity index (χ2n) is 6.88. The summed E-state index contributed by atoms with van der Waals surface area (Å²) in [4.78, 5) is 25.7. The molecular weight excluding hydrogens is 378 g/mol. The molecule has 7 nitrogen and oxygen atoms in total. The quantitative estimate of drug-likeness (QED) is 0.359. The Balaban J connectivity index is 1.51. The molecule has 0 atom stereocenters. The van der Waals surface area contributed by atoms with Crippen LogP contribution in [0, 0.1) is 0 Å². The van der Waals surface area contributed by atoms with Crippen LogP contribution in [-0.4, -0.2) is 54.5 Å². The van der Waals surface area contributed by atoms with Crippen molar-refractivity contribution in [3.05, 3.63) is 77.7 Å². The molecule has 0 aliphatic carbocycles. The van der Waals surface area contributed by atoms with E-state index < -0.39 is 0 Å². The first-order valence-electron chi connectivity index (χ1n) is 9.79. The van der Waals surface area contributed by atoms with Crippen LogP contribution in [0.25, 0.3) is 11.3 Å². The number of aromatic nitrogens is 2. The van der Waals surface area contributed by atoms with Gasteiger partial charge in [-0.3, -0.25) is 4.99 Å². The summed E-state index contributed by atoms with van der Waals surface area (Å²) in [6.07, 6.45) is 2.67. The van der Waals surface area contributed by atoms with Gasteiger partial charge >= 0.3 is 5.97 Å². The molecule has 7 heteroatoms. The van der Waals surface area contributed by atoms with Gasteiger partial charge in [-0.1, -0.05) is 42.5 Å². The average molecular weight is 406 g/mol. The fraction of sp³-hybridized carbons (Fsp3) is 0.261. The van der Waals surface area contributed by atoms with Crippen LogP contribution >= 0.6 is 0 Å². The lowest BCUT2D eigenvalue weighted by atomic mass is 10.1. The highest BCUT2D eigenvalue weighted by atomic mass is 16.5. The minimum absolute atomic E-state index is 0.324. The third-order valence-electron chi connectivity index (χ3n) is 4.75. The third-order valence-corrected chi connectivity index (χ3v) is 4.75. The summed E-state index contributed by atoms with van der Waals surface area (Å²) in [6, 6.07) is 17.6. The molecule has 2 N–H and O–H groups in total. The van der Waals surface area contributed by atoms with Crippen LogP contribution in [0.5, 0.6) is 0 Å². The Morgan fingerprint density at radius 1 is 1.17 bits per heavy atom. The van der Waals surface area contributed by atoms with Gasteiger partial charge < -0.3 is 19.9 Å². The van der Waals surface area contributed by atoms with Crippen LogP contribution in [0.15, 0.2) is 65.8 Å². The topological polar surface area (TPSA) is 82.6 Å². The summed E-state index contributed by atoms with van der Waals surface area (Å²) in [5.41, 5.74) is 3.79. The Hall–Kier alpha value is -3.61. The lowest BCUT2D eigenvalue weighted by molar-refractivity contribution is 0.0600. The number of guanidine groups is 1. The Morgan fingerprint density at radius 2 is 1.90 bits per heavy atom. The lowest BCUT2D eigenvalue weighted by Crippen LogP contribution is -2.39. The summed E-state index contributed by atoms with van der Waals surface area (Å²) in [5.74, 6) is 1.34. The van der Waals surface area contributed by atoms with E-state index in [0.717, 1.165) is 41.6 Å². The zero-order valence-corrected chi connectivity index (χ0v) is 17.6. The summed E-state index contributed by atoms with van der Waals surface area (Å²) >= 11 is 0. The maximum absolute atomic E-state index is 11.5. The highest BCUT2D eigenvalue weighted by molar-refractivity contribution is 5.89. The molecule has 1 heterocycles. The number of hydrogen-bond acceptors (Lipinski definition) is 4. The summed E-state index contributed by atoms with van der Waals surface area (Å²) in [5, 5.41) is 3.37. The molecule has 156 valence electrons. The maximum atomic E-state index is 11.5. The number of H-pyrrole nitrogens is 1. The van der Waals surface area contributed by atoms with Gasteiger partial charge in [0.25, 0.3) is 0 Å². The van der Waals surface area contributed by atoms with Gasteiger partial charge in [0, 0.05) is 20.6 Å². The Kier molecular flexibility index (Phi) is 7.21. The first-order valence-corrected chi connectivity index (χ1v) is 9.79. The van der Waals surface area contributed by atoms with E-state index in [1.807, 2.05) is 48.5 Å². The standard InChI is InChI=1S/C23H27N5O2/c1-24-23(25-14-13-17-9-11-19(12-10-17)22(29)30-3)28(2)16-21-26-15-20(27-21)18-7-5-4-6-8-18/h4-12,15H,13-14,16H2,1-3H3,(H,24,25)(H,26,27). The number of hydrogen-bond donors (Lipinski definition) is 2. The van der Waals surface area contributed by atoms with Gasteiger partial charge in [0.1, 0.15) is 5.82 Å². The number of ether oxygens (including phenoxy) is 1. The Labute approximate surface area is 176 Å². The van der Waals surface area contributed by atoms with Crippen molar-refractivity contribution in [2.75, 3.05) is 27.7 Å². The largest absolute Gasteiger partial charge is 0.465 e. The van der Waals surface area contributed by atoms with Gasteiger partial charge in [-0.25, -0.2) is 9.78 Å². The van der Waals surface area contributed by atoms with Crippen molar-refractivity contribution in [3.63, 3.8) is 0 Å². The number of nitrogens with zero attached hydrogens (tertiary/aromatic N) is 3. The fourth-order valence-corrected chi connectivity index (χ4v) is 3.14. The van der Waals surface area contributed by atoms with Gasteiger partial charge in [-0.05, 0) is 29.7 Å². The maximum Gasteiger partial charge on any atom is 0.337 e. The zero-order chi connectivity index (χ0) is 21.3. The molecular formula is C23H27N5O2. The smallest absolute Gasteiger partial charge is 0.337 e. The fourth-order valence-electron chi connectivity index (χ4n) is 3.14. The molecule has 0 fully saturated rings. The number of aromatic amines is 1. The molecule has 1 aromatic heterocycles. The summed E-state index contributed by atoms with van der Waals surface area (Å²) in [6.45, 7) is 1.34. The van der Waals surface area contributed by atoms with Crippen molar-refractivity contribution in [1.29, 1.82) is 0 Å². The van der Waals surface area contributed by atoms with Gasteiger partial charge in [0.2, 0.25) is 0 Å². The molecule has 0 unspecified atom stereocenters. The highest BCUT2D eigenvalue weighted by Gasteiger charge is 2.10. The van der Waals surface area contributed by atoms with Crippen molar-refractivity contribution >= 4 is 11.9 Å². The van der Waals surface area contributed by atoms with Crippen LogP contribution in [0.4, 0.5) is 0 Å². The average Bonchev–Trinajstić information content (AvgIpc) is 3.25. The number of carbonyl (C=O) groups is 1. The predicted octanol–water partition coefficient (Wildman–Crippen LogP) is 3.11. The van der Waals surface area contributed by atoms with Crippen molar-refractivity contribution in [2.24, 2.45) is 4.99 Å². The highest BCUT2D eigenvalue weighted by Crippen LogP contribution is 2.16. The first-order chi connectivity index (χ1) is 14.6. The number of benzene rings is 2. The number of nitrogens with one attached hydrogen (secondary N) is 2. The first kappa shape index (κ1) is 21.1. The Morgan fingerprint density at radius 3 is 2.57 bits per heavy atom. The van der Waals surface area contributed by atoms with Crippen LogP contribution in [0.3, 0.4) is 0 Å². The molecule has 30 heavy (non-hydrogen) atoms.